The summed E-state index contributed by atoms with van der Waals surface area (Å²) in [6.45, 7) is 0.619. The van der Waals surface area contributed by atoms with Gasteiger partial charge in [0.1, 0.15) is 0 Å². The fourth-order valence-corrected chi connectivity index (χ4v) is 3.99. The standard InChI is InChI=1S/C18H20F3NO3/c1-22-7-6-17(11-4-5-14(24-2)15(8-11)25-3)10-12(18(19,20)21)13(23)9-16(17)22/h4-5,8,10,16H,6-7,9H2,1-3H3/t16-,17+/m0/s1. The Morgan fingerprint density at radius 1 is 1.20 bits per heavy atom. The van der Waals surface area contributed by atoms with Crippen molar-refractivity contribution in [3.63, 3.8) is 0 Å². The lowest BCUT2D eigenvalue weighted by molar-refractivity contribution is -0.131. The first-order valence-corrected chi connectivity index (χ1v) is 7.99. The summed E-state index contributed by atoms with van der Waals surface area (Å²) < 4.78 is 50.6. The van der Waals surface area contributed by atoms with Crippen molar-refractivity contribution >= 4 is 5.78 Å². The number of benzene rings is 1. The van der Waals surface area contributed by atoms with Crippen LogP contribution in [0.2, 0.25) is 0 Å². The van der Waals surface area contributed by atoms with Gasteiger partial charge in [0.2, 0.25) is 0 Å². The maximum atomic E-state index is 13.3. The molecule has 1 aromatic carbocycles. The molecule has 1 saturated heterocycles. The van der Waals surface area contributed by atoms with Gasteiger partial charge >= 0.3 is 6.18 Å². The summed E-state index contributed by atoms with van der Waals surface area (Å²) >= 11 is 0. The second-order valence-corrected chi connectivity index (χ2v) is 6.54. The van der Waals surface area contributed by atoms with Gasteiger partial charge in [0.15, 0.2) is 17.3 Å². The van der Waals surface area contributed by atoms with Crippen molar-refractivity contribution in [1.82, 2.24) is 4.90 Å². The van der Waals surface area contributed by atoms with Crippen LogP contribution in [0.25, 0.3) is 0 Å². The van der Waals surface area contributed by atoms with Gasteiger partial charge in [-0.2, -0.15) is 13.2 Å². The Kier molecular flexibility index (Phi) is 4.31. The van der Waals surface area contributed by atoms with Gasteiger partial charge in [-0.25, -0.2) is 0 Å². The molecule has 136 valence electrons. The number of Topliss-reactive ketones (excluding diaryl/α,β-unsaturated/α-hetero) is 1. The van der Waals surface area contributed by atoms with Gasteiger partial charge in [-0.1, -0.05) is 12.1 Å². The lowest BCUT2D eigenvalue weighted by Gasteiger charge is -2.39. The van der Waals surface area contributed by atoms with E-state index >= 15 is 0 Å². The molecule has 1 heterocycles. The van der Waals surface area contributed by atoms with Gasteiger partial charge < -0.3 is 14.4 Å². The van der Waals surface area contributed by atoms with Gasteiger partial charge in [0.25, 0.3) is 0 Å². The number of hydrogen-bond donors (Lipinski definition) is 0. The SMILES string of the molecule is COc1ccc([C@@]23C=C(C(F)(F)F)C(=O)C[C@@H]2N(C)CC3)cc1OC. The van der Waals surface area contributed by atoms with Gasteiger partial charge in [-0.3, -0.25) is 4.79 Å². The van der Waals surface area contributed by atoms with E-state index in [1.807, 2.05) is 11.9 Å². The van der Waals surface area contributed by atoms with Crippen LogP contribution in [0.4, 0.5) is 13.2 Å². The Bertz CT molecular complexity index is 729. The van der Waals surface area contributed by atoms with Crippen molar-refractivity contribution in [2.45, 2.75) is 30.5 Å². The molecule has 0 saturated carbocycles. The molecule has 0 radical (unpaired) electrons. The number of hydrogen-bond acceptors (Lipinski definition) is 4. The Hall–Kier alpha value is -2.02. The molecule has 2 atom stereocenters. The van der Waals surface area contributed by atoms with Gasteiger partial charge in [-0.15, -0.1) is 0 Å². The number of likely N-dealkylation sites (tertiary alicyclic amines) is 1. The molecule has 0 unspecified atom stereocenters. The zero-order valence-electron chi connectivity index (χ0n) is 14.3. The molecule has 7 heteroatoms. The maximum Gasteiger partial charge on any atom is 0.419 e. The molecule has 0 N–H and O–H groups in total. The maximum absolute atomic E-state index is 13.3. The Labute approximate surface area is 144 Å². The molecule has 1 aliphatic carbocycles. The van der Waals surface area contributed by atoms with Crippen LogP contribution in [0.5, 0.6) is 11.5 Å². The molecule has 25 heavy (non-hydrogen) atoms. The van der Waals surface area contributed by atoms with Crippen LogP contribution in [0.15, 0.2) is 29.8 Å². The predicted octanol–water partition coefficient (Wildman–Crippen LogP) is 3.11. The zero-order valence-corrected chi connectivity index (χ0v) is 14.3. The third kappa shape index (κ3) is 2.80. The number of nitrogens with zero attached hydrogens (tertiary/aromatic N) is 1. The second-order valence-electron chi connectivity index (χ2n) is 6.54. The molecule has 0 spiro atoms. The van der Waals surface area contributed by atoms with Crippen LogP contribution < -0.4 is 9.47 Å². The minimum atomic E-state index is -4.65. The minimum Gasteiger partial charge on any atom is -0.493 e. The van der Waals surface area contributed by atoms with Crippen LogP contribution in [0.1, 0.15) is 18.4 Å². The number of allylic oxidation sites excluding steroid dienone is 1. The number of halogens is 3. The molecule has 0 bridgehead atoms. The Morgan fingerprint density at radius 3 is 2.48 bits per heavy atom. The summed E-state index contributed by atoms with van der Waals surface area (Å²) in [5, 5.41) is 0. The summed E-state index contributed by atoms with van der Waals surface area (Å²) in [5.41, 5.74) is -1.21. The monoisotopic (exact) mass is 355 g/mol. The largest absolute Gasteiger partial charge is 0.493 e. The Balaban J connectivity index is 2.18. The summed E-state index contributed by atoms with van der Waals surface area (Å²) in [6, 6.07) is 4.86. The lowest BCUT2D eigenvalue weighted by atomic mass is 9.67. The van der Waals surface area contributed by atoms with E-state index in [9.17, 15) is 18.0 Å². The highest BCUT2D eigenvalue weighted by Gasteiger charge is 2.54. The third-order valence-corrected chi connectivity index (χ3v) is 5.31. The van der Waals surface area contributed by atoms with Crippen molar-refractivity contribution < 1.29 is 27.4 Å². The first-order chi connectivity index (χ1) is 11.7. The first-order valence-electron chi connectivity index (χ1n) is 7.99. The number of fused-ring (bicyclic) bond motifs is 1. The number of methoxy groups -OCH3 is 2. The normalized spacial score (nSPS) is 27.0. The highest BCUT2D eigenvalue weighted by atomic mass is 19.4. The lowest BCUT2D eigenvalue weighted by Crippen LogP contribution is -2.46. The van der Waals surface area contributed by atoms with E-state index < -0.39 is 22.9 Å². The smallest absolute Gasteiger partial charge is 0.419 e. The fraction of sp³-hybridized carbons (Fsp3) is 0.500. The number of carbonyl (C=O) groups is 1. The number of carbonyl (C=O) groups excluding carboxylic acids is 1. The summed E-state index contributed by atoms with van der Waals surface area (Å²) in [5.74, 6) is 0.126. The van der Waals surface area contributed by atoms with Gasteiger partial charge in [0, 0.05) is 17.9 Å². The molecular weight excluding hydrogens is 335 g/mol. The van der Waals surface area contributed by atoms with E-state index in [2.05, 4.69) is 0 Å². The fourth-order valence-electron chi connectivity index (χ4n) is 3.99. The van der Waals surface area contributed by atoms with Gasteiger partial charge in [-0.05, 0) is 37.7 Å². The number of likely N-dealkylation sites (N-methyl/N-ethyl adjacent to an activating group) is 1. The van der Waals surface area contributed by atoms with E-state index in [4.69, 9.17) is 9.47 Å². The minimum absolute atomic E-state index is 0.143. The molecule has 0 amide bonds. The van der Waals surface area contributed by atoms with E-state index in [1.54, 1.807) is 18.2 Å². The molecule has 1 fully saturated rings. The number of ketones is 1. The van der Waals surface area contributed by atoms with Crippen molar-refractivity contribution in [3.05, 3.63) is 35.4 Å². The van der Waals surface area contributed by atoms with E-state index in [-0.39, 0.29) is 12.5 Å². The zero-order chi connectivity index (χ0) is 18.4. The van der Waals surface area contributed by atoms with Crippen LogP contribution in [-0.4, -0.2) is 50.7 Å². The molecule has 1 aliphatic heterocycles. The van der Waals surface area contributed by atoms with Crippen LogP contribution in [-0.2, 0) is 10.2 Å². The topological polar surface area (TPSA) is 38.8 Å². The summed E-state index contributed by atoms with van der Waals surface area (Å²) in [7, 11) is 4.83. The molecule has 3 rings (SSSR count). The molecule has 2 aliphatic rings. The predicted molar refractivity (Wildman–Crippen MR) is 86.0 cm³/mol. The van der Waals surface area contributed by atoms with Crippen molar-refractivity contribution in [2.75, 3.05) is 27.8 Å². The average molecular weight is 355 g/mol. The molecule has 0 aromatic heterocycles. The highest BCUT2D eigenvalue weighted by Crippen LogP contribution is 2.49. The second kappa shape index (κ2) is 6.05. The van der Waals surface area contributed by atoms with Crippen molar-refractivity contribution in [2.24, 2.45) is 0 Å². The highest BCUT2D eigenvalue weighted by molar-refractivity contribution is 5.98. The van der Waals surface area contributed by atoms with Crippen LogP contribution in [0, 0.1) is 0 Å². The summed E-state index contributed by atoms with van der Waals surface area (Å²) in [4.78, 5) is 14.0. The van der Waals surface area contributed by atoms with E-state index in [1.165, 1.54) is 14.2 Å². The Morgan fingerprint density at radius 2 is 1.88 bits per heavy atom. The molecule has 1 aromatic rings. The molecule has 4 nitrogen and oxygen atoms in total. The number of ether oxygens (including phenoxy) is 2. The van der Waals surface area contributed by atoms with Crippen LogP contribution >= 0.6 is 0 Å². The van der Waals surface area contributed by atoms with Crippen LogP contribution in [0.3, 0.4) is 0 Å². The number of alkyl halides is 3. The van der Waals surface area contributed by atoms with Gasteiger partial charge in [0.05, 0.1) is 19.8 Å². The number of rotatable bonds is 3. The molecular formula is C18H20F3NO3. The van der Waals surface area contributed by atoms with E-state index in [0.29, 0.717) is 30.0 Å². The van der Waals surface area contributed by atoms with E-state index in [0.717, 1.165) is 6.08 Å². The third-order valence-electron chi connectivity index (χ3n) is 5.31. The average Bonchev–Trinajstić information content (AvgIpc) is 2.90. The summed E-state index contributed by atoms with van der Waals surface area (Å²) in [6.07, 6.45) is -3.15. The van der Waals surface area contributed by atoms with Crippen molar-refractivity contribution in [3.8, 4) is 11.5 Å². The van der Waals surface area contributed by atoms with Crippen molar-refractivity contribution in [1.29, 1.82) is 0 Å². The first kappa shape index (κ1) is 17.8. The quantitative estimate of drug-likeness (QED) is 0.835.